The number of nitrogens with zero attached hydrogens (tertiary/aromatic N) is 4. The predicted octanol–water partition coefficient (Wildman–Crippen LogP) is 2.86. The summed E-state index contributed by atoms with van der Waals surface area (Å²) in [6.07, 6.45) is 3.41. The summed E-state index contributed by atoms with van der Waals surface area (Å²) in [4.78, 5) is 24.7. The minimum absolute atomic E-state index is 0.0510. The van der Waals surface area contributed by atoms with Crippen LogP contribution in [-0.2, 0) is 0 Å². The second kappa shape index (κ2) is 7.65. The van der Waals surface area contributed by atoms with E-state index in [0.29, 0.717) is 32.1 Å². The molecule has 1 unspecified atom stereocenters. The standard InChI is InChI=1S/C17H19ClFN5O/c1-12(13-3-4-15(19)14(18)11-13)22-17(25)24-9-7-23(8-10-24)16-20-5-2-6-21-16/h2-6,11-12H,7-10H2,1H3,(H,22,25). The van der Waals surface area contributed by atoms with Crippen LogP contribution < -0.4 is 10.2 Å². The van der Waals surface area contributed by atoms with Gasteiger partial charge in [-0.15, -0.1) is 0 Å². The molecule has 0 saturated carbocycles. The summed E-state index contributed by atoms with van der Waals surface area (Å²) in [6.45, 7) is 4.36. The third kappa shape index (κ3) is 4.17. The summed E-state index contributed by atoms with van der Waals surface area (Å²) < 4.78 is 13.2. The van der Waals surface area contributed by atoms with Gasteiger partial charge in [-0.05, 0) is 30.7 Å². The summed E-state index contributed by atoms with van der Waals surface area (Å²) in [6, 6.07) is 5.82. The molecule has 1 N–H and O–H groups in total. The number of hydrogen-bond donors (Lipinski definition) is 1. The number of benzene rings is 1. The van der Waals surface area contributed by atoms with Crippen molar-refractivity contribution in [2.45, 2.75) is 13.0 Å². The van der Waals surface area contributed by atoms with Gasteiger partial charge in [-0.2, -0.15) is 0 Å². The van der Waals surface area contributed by atoms with Gasteiger partial charge < -0.3 is 15.1 Å². The number of hydrogen-bond acceptors (Lipinski definition) is 4. The summed E-state index contributed by atoms with van der Waals surface area (Å²) in [5, 5.41) is 2.97. The Labute approximate surface area is 150 Å². The summed E-state index contributed by atoms with van der Waals surface area (Å²) in [7, 11) is 0. The number of piperazine rings is 1. The molecule has 6 nitrogen and oxygen atoms in total. The van der Waals surface area contributed by atoms with Crippen molar-refractivity contribution in [3.05, 3.63) is 53.1 Å². The molecule has 2 amide bonds. The molecule has 132 valence electrons. The minimum atomic E-state index is -0.469. The highest BCUT2D eigenvalue weighted by atomic mass is 35.5. The van der Waals surface area contributed by atoms with E-state index in [2.05, 4.69) is 15.3 Å². The summed E-state index contributed by atoms with van der Waals surface area (Å²) in [5.41, 5.74) is 0.760. The lowest BCUT2D eigenvalue weighted by Crippen LogP contribution is -2.52. The van der Waals surface area contributed by atoms with Gasteiger partial charge in [0.1, 0.15) is 5.82 Å². The Morgan fingerprint density at radius 3 is 2.56 bits per heavy atom. The van der Waals surface area contributed by atoms with E-state index >= 15 is 0 Å². The highest BCUT2D eigenvalue weighted by Gasteiger charge is 2.23. The molecule has 3 rings (SSSR count). The second-order valence-corrected chi connectivity index (χ2v) is 6.27. The maximum absolute atomic E-state index is 13.2. The molecule has 1 aromatic carbocycles. The Bertz CT molecular complexity index is 737. The maximum Gasteiger partial charge on any atom is 0.317 e. The van der Waals surface area contributed by atoms with E-state index in [1.807, 2.05) is 11.8 Å². The number of carbonyl (C=O) groups is 1. The molecule has 0 radical (unpaired) electrons. The van der Waals surface area contributed by atoms with Crippen LogP contribution in [0.1, 0.15) is 18.5 Å². The van der Waals surface area contributed by atoms with E-state index in [0.717, 1.165) is 5.56 Å². The van der Waals surface area contributed by atoms with Crippen molar-refractivity contribution < 1.29 is 9.18 Å². The van der Waals surface area contributed by atoms with Crippen molar-refractivity contribution in [1.29, 1.82) is 0 Å². The van der Waals surface area contributed by atoms with Crippen LogP contribution in [0.15, 0.2) is 36.7 Å². The van der Waals surface area contributed by atoms with Crippen molar-refractivity contribution in [1.82, 2.24) is 20.2 Å². The molecule has 0 bridgehead atoms. The predicted molar refractivity (Wildman–Crippen MR) is 94.2 cm³/mol. The monoisotopic (exact) mass is 363 g/mol. The van der Waals surface area contributed by atoms with Crippen LogP contribution in [0.2, 0.25) is 5.02 Å². The van der Waals surface area contributed by atoms with Crippen LogP contribution in [0.4, 0.5) is 15.1 Å². The van der Waals surface area contributed by atoms with Gasteiger partial charge in [0.05, 0.1) is 11.1 Å². The highest BCUT2D eigenvalue weighted by Crippen LogP contribution is 2.21. The number of nitrogens with one attached hydrogen (secondary N) is 1. The molecule has 0 aliphatic carbocycles. The van der Waals surface area contributed by atoms with Crippen molar-refractivity contribution in [2.75, 3.05) is 31.1 Å². The number of aromatic nitrogens is 2. The maximum atomic E-state index is 13.2. The Morgan fingerprint density at radius 1 is 1.24 bits per heavy atom. The molecule has 8 heteroatoms. The third-order valence-electron chi connectivity index (χ3n) is 4.19. The molecule has 2 aromatic rings. The molecule has 1 saturated heterocycles. The van der Waals surface area contributed by atoms with E-state index < -0.39 is 5.82 Å². The van der Waals surface area contributed by atoms with Crippen LogP contribution in [0.25, 0.3) is 0 Å². The number of halogens is 2. The van der Waals surface area contributed by atoms with Gasteiger partial charge in [-0.25, -0.2) is 19.2 Å². The smallest absolute Gasteiger partial charge is 0.317 e. The SMILES string of the molecule is CC(NC(=O)N1CCN(c2ncccn2)CC1)c1ccc(F)c(Cl)c1. The van der Waals surface area contributed by atoms with Gasteiger partial charge in [0.15, 0.2) is 0 Å². The zero-order valence-corrected chi connectivity index (χ0v) is 14.6. The highest BCUT2D eigenvalue weighted by molar-refractivity contribution is 6.30. The zero-order valence-electron chi connectivity index (χ0n) is 13.8. The fraction of sp³-hybridized carbons (Fsp3) is 0.353. The first-order chi connectivity index (χ1) is 12.0. The van der Waals surface area contributed by atoms with Gasteiger partial charge in [0.2, 0.25) is 5.95 Å². The minimum Gasteiger partial charge on any atom is -0.337 e. The third-order valence-corrected chi connectivity index (χ3v) is 4.48. The quantitative estimate of drug-likeness (QED) is 0.910. The van der Waals surface area contributed by atoms with Crippen LogP contribution >= 0.6 is 11.6 Å². The van der Waals surface area contributed by atoms with Crippen LogP contribution in [0.5, 0.6) is 0 Å². The summed E-state index contributed by atoms with van der Waals surface area (Å²) in [5.74, 6) is 0.208. The second-order valence-electron chi connectivity index (χ2n) is 5.87. The number of rotatable bonds is 3. The molecule has 1 aromatic heterocycles. The normalized spacial score (nSPS) is 15.8. The van der Waals surface area contributed by atoms with Gasteiger partial charge in [0, 0.05) is 38.6 Å². The van der Waals surface area contributed by atoms with E-state index in [1.165, 1.54) is 12.1 Å². The first kappa shape index (κ1) is 17.4. The molecule has 0 spiro atoms. The molecule has 25 heavy (non-hydrogen) atoms. The first-order valence-electron chi connectivity index (χ1n) is 8.07. The lowest BCUT2D eigenvalue weighted by atomic mass is 10.1. The van der Waals surface area contributed by atoms with Gasteiger partial charge in [0.25, 0.3) is 0 Å². The van der Waals surface area contributed by atoms with E-state index in [-0.39, 0.29) is 17.1 Å². The van der Waals surface area contributed by atoms with Crippen molar-refractivity contribution in [2.24, 2.45) is 0 Å². The number of carbonyl (C=O) groups excluding carboxylic acids is 1. The molecule has 1 fully saturated rings. The van der Waals surface area contributed by atoms with Crippen LogP contribution in [-0.4, -0.2) is 47.1 Å². The van der Waals surface area contributed by atoms with Crippen molar-refractivity contribution in [3.63, 3.8) is 0 Å². The number of urea groups is 1. The van der Waals surface area contributed by atoms with Crippen molar-refractivity contribution >= 4 is 23.6 Å². The topological polar surface area (TPSA) is 61.4 Å². The molecule has 2 heterocycles. The number of anilines is 1. The van der Waals surface area contributed by atoms with E-state index in [9.17, 15) is 9.18 Å². The zero-order chi connectivity index (χ0) is 17.8. The molecular formula is C17H19ClFN5O. The van der Waals surface area contributed by atoms with E-state index in [1.54, 1.807) is 29.4 Å². The average molecular weight is 364 g/mol. The van der Waals surface area contributed by atoms with Gasteiger partial charge in [-0.1, -0.05) is 17.7 Å². The average Bonchev–Trinajstić information content (AvgIpc) is 2.64. The van der Waals surface area contributed by atoms with Gasteiger partial charge >= 0.3 is 6.03 Å². The van der Waals surface area contributed by atoms with Crippen molar-refractivity contribution in [3.8, 4) is 0 Å². The Morgan fingerprint density at radius 2 is 1.92 bits per heavy atom. The Balaban J connectivity index is 1.55. The lowest BCUT2D eigenvalue weighted by Gasteiger charge is -2.35. The summed E-state index contributed by atoms with van der Waals surface area (Å²) >= 11 is 5.80. The van der Waals surface area contributed by atoms with E-state index in [4.69, 9.17) is 11.6 Å². The van der Waals surface area contributed by atoms with Gasteiger partial charge in [-0.3, -0.25) is 0 Å². The van der Waals surface area contributed by atoms with Crippen LogP contribution in [0, 0.1) is 5.82 Å². The first-order valence-corrected chi connectivity index (χ1v) is 8.45. The number of amides is 2. The largest absolute Gasteiger partial charge is 0.337 e. The fourth-order valence-corrected chi connectivity index (χ4v) is 2.89. The fourth-order valence-electron chi connectivity index (χ4n) is 2.71. The lowest BCUT2D eigenvalue weighted by molar-refractivity contribution is 0.191. The Kier molecular flexibility index (Phi) is 5.33. The molecule has 1 atom stereocenters. The van der Waals surface area contributed by atoms with Crippen LogP contribution in [0.3, 0.4) is 0 Å². The molecular weight excluding hydrogens is 345 g/mol. The molecule has 1 aliphatic heterocycles. The Hall–Kier alpha value is -2.41. The molecule has 1 aliphatic rings.